The maximum atomic E-state index is 9.02. The second-order valence-electron chi connectivity index (χ2n) is 3.05. The van der Waals surface area contributed by atoms with Crippen LogP contribution < -0.4 is 0 Å². The quantitative estimate of drug-likeness (QED) is 0.717. The molecular formula is C10H14O2. The monoisotopic (exact) mass is 166 g/mol. The second kappa shape index (κ2) is 4.12. The van der Waals surface area contributed by atoms with Crippen LogP contribution >= 0.6 is 0 Å². The summed E-state index contributed by atoms with van der Waals surface area (Å²) in [6.45, 7) is 1.78. The fourth-order valence-electron chi connectivity index (χ4n) is 1.04. The highest BCUT2D eigenvalue weighted by Gasteiger charge is 1.97. The van der Waals surface area contributed by atoms with Gasteiger partial charge in [-0.1, -0.05) is 12.1 Å². The summed E-state index contributed by atoms with van der Waals surface area (Å²) in [6, 6.07) is 7.07. The Kier molecular flexibility index (Phi) is 3.11. The molecule has 66 valence electrons. The lowest BCUT2D eigenvalue weighted by Crippen LogP contribution is -2.00. The number of aliphatic hydroxyl groups excluding tert-OH is 1. The van der Waals surface area contributed by atoms with Crippen molar-refractivity contribution in [3.05, 3.63) is 29.8 Å². The summed E-state index contributed by atoms with van der Waals surface area (Å²) in [6.07, 6.45) is 1.38. The first-order valence-electron chi connectivity index (χ1n) is 4.14. The summed E-state index contributed by atoms with van der Waals surface area (Å²) in [4.78, 5) is 0. The predicted molar refractivity (Wildman–Crippen MR) is 48.1 cm³/mol. The van der Waals surface area contributed by atoms with Gasteiger partial charge in [0.05, 0.1) is 6.10 Å². The summed E-state index contributed by atoms with van der Waals surface area (Å²) in [5.74, 6) is 0.288. The van der Waals surface area contributed by atoms with E-state index in [1.165, 1.54) is 0 Å². The van der Waals surface area contributed by atoms with E-state index in [4.69, 9.17) is 10.2 Å². The van der Waals surface area contributed by atoms with Crippen LogP contribution in [0.2, 0.25) is 0 Å². The maximum absolute atomic E-state index is 9.02. The van der Waals surface area contributed by atoms with E-state index in [0.717, 1.165) is 18.4 Å². The smallest absolute Gasteiger partial charge is 0.115 e. The van der Waals surface area contributed by atoms with Crippen molar-refractivity contribution in [2.45, 2.75) is 25.9 Å². The van der Waals surface area contributed by atoms with Crippen LogP contribution in [0.1, 0.15) is 18.9 Å². The van der Waals surface area contributed by atoms with Crippen LogP contribution in [0, 0.1) is 0 Å². The van der Waals surface area contributed by atoms with Gasteiger partial charge in [0, 0.05) is 0 Å². The molecule has 0 radical (unpaired) electrons. The van der Waals surface area contributed by atoms with Crippen LogP contribution in [-0.4, -0.2) is 16.3 Å². The molecule has 0 aliphatic heterocycles. The molecule has 0 aromatic heterocycles. The highest BCUT2D eigenvalue weighted by Crippen LogP contribution is 2.11. The SMILES string of the molecule is C[C@H](O)CCc1ccc(O)cc1. The Morgan fingerprint density at radius 1 is 1.25 bits per heavy atom. The van der Waals surface area contributed by atoms with Gasteiger partial charge < -0.3 is 10.2 Å². The van der Waals surface area contributed by atoms with Gasteiger partial charge in [0.1, 0.15) is 5.75 Å². The molecule has 2 N–H and O–H groups in total. The van der Waals surface area contributed by atoms with Crippen molar-refractivity contribution in [3.63, 3.8) is 0 Å². The first-order valence-corrected chi connectivity index (χ1v) is 4.14. The molecule has 2 heteroatoms. The lowest BCUT2D eigenvalue weighted by molar-refractivity contribution is 0.185. The molecule has 1 aromatic carbocycles. The summed E-state index contributed by atoms with van der Waals surface area (Å²) in [5.41, 5.74) is 1.15. The van der Waals surface area contributed by atoms with Crippen LogP contribution in [0.4, 0.5) is 0 Å². The van der Waals surface area contributed by atoms with Crippen molar-refractivity contribution in [2.24, 2.45) is 0 Å². The minimum absolute atomic E-state index is 0.251. The van der Waals surface area contributed by atoms with E-state index < -0.39 is 0 Å². The fraction of sp³-hybridized carbons (Fsp3) is 0.400. The molecule has 0 saturated carbocycles. The van der Waals surface area contributed by atoms with Gasteiger partial charge in [-0.2, -0.15) is 0 Å². The minimum Gasteiger partial charge on any atom is -0.508 e. The van der Waals surface area contributed by atoms with Gasteiger partial charge in [-0.05, 0) is 37.5 Å². The summed E-state index contributed by atoms with van der Waals surface area (Å²) in [7, 11) is 0. The largest absolute Gasteiger partial charge is 0.508 e. The number of aliphatic hydroxyl groups is 1. The van der Waals surface area contributed by atoms with Gasteiger partial charge in [-0.25, -0.2) is 0 Å². The molecular weight excluding hydrogens is 152 g/mol. The zero-order chi connectivity index (χ0) is 8.97. The zero-order valence-corrected chi connectivity index (χ0v) is 7.20. The normalized spacial score (nSPS) is 12.8. The number of phenolic OH excluding ortho intramolecular Hbond substituents is 1. The van der Waals surface area contributed by atoms with E-state index >= 15 is 0 Å². The van der Waals surface area contributed by atoms with Crippen molar-refractivity contribution in [1.29, 1.82) is 0 Å². The van der Waals surface area contributed by atoms with Crippen molar-refractivity contribution in [2.75, 3.05) is 0 Å². The first kappa shape index (κ1) is 9.07. The van der Waals surface area contributed by atoms with Crippen LogP contribution in [0.3, 0.4) is 0 Å². The van der Waals surface area contributed by atoms with E-state index in [2.05, 4.69) is 0 Å². The Morgan fingerprint density at radius 3 is 2.33 bits per heavy atom. The molecule has 1 atom stereocenters. The number of hydrogen-bond acceptors (Lipinski definition) is 2. The molecule has 0 aliphatic carbocycles. The van der Waals surface area contributed by atoms with Crippen LogP contribution in [-0.2, 0) is 6.42 Å². The van der Waals surface area contributed by atoms with E-state index in [9.17, 15) is 0 Å². The average Bonchev–Trinajstić information content (AvgIpc) is 2.03. The Hall–Kier alpha value is -1.02. The van der Waals surface area contributed by atoms with E-state index in [1.807, 2.05) is 12.1 Å². The van der Waals surface area contributed by atoms with Gasteiger partial charge >= 0.3 is 0 Å². The molecule has 12 heavy (non-hydrogen) atoms. The van der Waals surface area contributed by atoms with Gasteiger partial charge in [-0.15, -0.1) is 0 Å². The Bertz CT molecular complexity index is 226. The fourth-order valence-corrected chi connectivity index (χ4v) is 1.04. The standard InChI is InChI=1S/C10H14O2/c1-8(11)2-3-9-4-6-10(12)7-5-9/h4-8,11-12H,2-3H2,1H3/t8-/m0/s1. The Labute approximate surface area is 72.5 Å². The average molecular weight is 166 g/mol. The van der Waals surface area contributed by atoms with Crippen molar-refractivity contribution in [3.8, 4) is 5.75 Å². The van der Waals surface area contributed by atoms with Gasteiger partial charge in [0.2, 0.25) is 0 Å². The topological polar surface area (TPSA) is 40.5 Å². The molecule has 1 rings (SSSR count). The van der Waals surface area contributed by atoms with Crippen molar-refractivity contribution < 1.29 is 10.2 Å². The molecule has 0 unspecified atom stereocenters. The lowest BCUT2D eigenvalue weighted by atomic mass is 10.1. The highest BCUT2D eigenvalue weighted by molar-refractivity contribution is 5.25. The minimum atomic E-state index is -0.251. The first-order chi connectivity index (χ1) is 5.68. The predicted octanol–water partition coefficient (Wildman–Crippen LogP) is 1.71. The number of phenols is 1. The second-order valence-corrected chi connectivity index (χ2v) is 3.05. The van der Waals surface area contributed by atoms with Gasteiger partial charge in [0.25, 0.3) is 0 Å². The van der Waals surface area contributed by atoms with Crippen LogP contribution in [0.25, 0.3) is 0 Å². The molecule has 2 nitrogen and oxygen atoms in total. The number of rotatable bonds is 3. The number of aromatic hydroxyl groups is 1. The molecule has 0 heterocycles. The Morgan fingerprint density at radius 2 is 1.83 bits per heavy atom. The lowest BCUT2D eigenvalue weighted by Gasteiger charge is -2.03. The molecule has 0 bridgehead atoms. The Balaban J connectivity index is 2.48. The van der Waals surface area contributed by atoms with E-state index in [-0.39, 0.29) is 11.9 Å². The highest BCUT2D eigenvalue weighted by atomic mass is 16.3. The van der Waals surface area contributed by atoms with Crippen LogP contribution in [0.5, 0.6) is 5.75 Å². The zero-order valence-electron chi connectivity index (χ0n) is 7.20. The number of aryl methyl sites for hydroxylation is 1. The third-order valence-corrected chi connectivity index (χ3v) is 1.79. The molecule has 0 amide bonds. The summed E-state index contributed by atoms with van der Waals surface area (Å²) < 4.78 is 0. The molecule has 0 saturated heterocycles. The summed E-state index contributed by atoms with van der Waals surface area (Å²) in [5, 5.41) is 18.0. The molecule has 0 aliphatic rings. The van der Waals surface area contributed by atoms with E-state index in [1.54, 1.807) is 19.1 Å². The van der Waals surface area contributed by atoms with Crippen molar-refractivity contribution in [1.82, 2.24) is 0 Å². The van der Waals surface area contributed by atoms with Gasteiger partial charge in [-0.3, -0.25) is 0 Å². The molecule has 1 aromatic rings. The molecule has 0 spiro atoms. The summed E-state index contributed by atoms with van der Waals surface area (Å²) >= 11 is 0. The third kappa shape index (κ3) is 2.93. The van der Waals surface area contributed by atoms with Crippen molar-refractivity contribution >= 4 is 0 Å². The third-order valence-electron chi connectivity index (χ3n) is 1.79. The number of hydrogen-bond donors (Lipinski definition) is 2. The van der Waals surface area contributed by atoms with Crippen LogP contribution in [0.15, 0.2) is 24.3 Å². The van der Waals surface area contributed by atoms with Gasteiger partial charge in [0.15, 0.2) is 0 Å². The maximum Gasteiger partial charge on any atom is 0.115 e. The number of benzene rings is 1. The molecule has 0 fully saturated rings. The van der Waals surface area contributed by atoms with E-state index in [0.29, 0.717) is 0 Å².